The van der Waals surface area contributed by atoms with Gasteiger partial charge in [-0.1, -0.05) is 11.8 Å². The van der Waals surface area contributed by atoms with Crippen molar-refractivity contribution in [2.24, 2.45) is 0 Å². The highest BCUT2D eigenvalue weighted by Crippen LogP contribution is 2.21. The van der Waals surface area contributed by atoms with Crippen LogP contribution in [0.2, 0.25) is 0 Å². The third-order valence-corrected chi connectivity index (χ3v) is 4.64. The van der Waals surface area contributed by atoms with Gasteiger partial charge in [0.05, 0.1) is 19.0 Å². The summed E-state index contributed by atoms with van der Waals surface area (Å²) in [4.78, 5) is 23.2. The quantitative estimate of drug-likeness (QED) is 0.453. The molecule has 0 radical (unpaired) electrons. The van der Waals surface area contributed by atoms with E-state index in [9.17, 15) is 4.79 Å². The minimum atomic E-state index is -0.0222. The molecule has 2 aromatic rings. The van der Waals surface area contributed by atoms with Crippen LogP contribution in [0.25, 0.3) is 5.78 Å². The summed E-state index contributed by atoms with van der Waals surface area (Å²) in [6, 6.07) is 0. The Hall–Kier alpha value is -2.18. The van der Waals surface area contributed by atoms with E-state index in [-0.39, 0.29) is 11.7 Å². The Balaban J connectivity index is 2.15. The summed E-state index contributed by atoms with van der Waals surface area (Å²) in [7, 11) is 3.22. The molecule has 1 amide bonds. The molecule has 156 valence electrons. The van der Waals surface area contributed by atoms with Crippen LogP contribution < -0.4 is 10.6 Å². The standard InChI is InChI=1S/C16H28N8O3S/c1-5-17-13-19-14(18-6-2)24-15(20-13)21-22-16(24)28-11-12(25)23(7-9-26-3)8-10-27-4/h5-11H2,1-4H3,(H2,17,18,19,20,21). The second kappa shape index (κ2) is 11.6. The summed E-state index contributed by atoms with van der Waals surface area (Å²) >= 11 is 1.30. The predicted molar refractivity (Wildman–Crippen MR) is 108 cm³/mol. The predicted octanol–water partition coefficient (Wildman–Crippen LogP) is 0.596. The molecule has 28 heavy (non-hydrogen) atoms. The first-order chi connectivity index (χ1) is 13.6. The number of fused-ring (bicyclic) bond motifs is 1. The van der Waals surface area contributed by atoms with Crippen molar-refractivity contribution in [3.05, 3.63) is 0 Å². The summed E-state index contributed by atoms with van der Waals surface area (Å²) in [6.45, 7) is 7.29. The number of hydrogen-bond donors (Lipinski definition) is 2. The van der Waals surface area contributed by atoms with E-state index in [0.717, 1.165) is 0 Å². The first-order valence-corrected chi connectivity index (χ1v) is 10.1. The Bertz CT molecular complexity index is 749. The van der Waals surface area contributed by atoms with Gasteiger partial charge in [0.15, 0.2) is 5.16 Å². The maximum atomic E-state index is 12.6. The molecule has 0 saturated heterocycles. The topological polar surface area (TPSA) is 119 Å². The molecule has 0 fully saturated rings. The molecule has 0 aliphatic heterocycles. The highest BCUT2D eigenvalue weighted by molar-refractivity contribution is 7.99. The number of hydrogen-bond acceptors (Lipinski definition) is 10. The number of nitrogens with zero attached hydrogens (tertiary/aromatic N) is 6. The van der Waals surface area contributed by atoms with Crippen LogP contribution in [0.5, 0.6) is 0 Å². The molecule has 0 spiro atoms. The normalized spacial score (nSPS) is 11.0. The van der Waals surface area contributed by atoms with Gasteiger partial charge < -0.3 is 25.0 Å². The number of methoxy groups -OCH3 is 2. The van der Waals surface area contributed by atoms with Crippen molar-refractivity contribution in [2.75, 3.05) is 70.0 Å². The first kappa shape index (κ1) is 22.1. The van der Waals surface area contributed by atoms with Crippen LogP contribution in [-0.4, -0.2) is 94.7 Å². The van der Waals surface area contributed by atoms with Gasteiger partial charge in [-0.2, -0.15) is 9.97 Å². The number of thioether (sulfide) groups is 1. The van der Waals surface area contributed by atoms with E-state index in [0.29, 0.717) is 62.2 Å². The van der Waals surface area contributed by atoms with Crippen molar-refractivity contribution >= 4 is 35.3 Å². The number of anilines is 2. The van der Waals surface area contributed by atoms with Crippen LogP contribution in [0.1, 0.15) is 13.8 Å². The Labute approximate surface area is 168 Å². The fourth-order valence-electron chi connectivity index (χ4n) is 2.38. The van der Waals surface area contributed by atoms with Crippen LogP contribution in [0.4, 0.5) is 11.9 Å². The van der Waals surface area contributed by atoms with Crippen LogP contribution in [0, 0.1) is 0 Å². The van der Waals surface area contributed by atoms with Crippen molar-refractivity contribution < 1.29 is 14.3 Å². The van der Waals surface area contributed by atoms with Gasteiger partial charge in [-0.25, -0.2) is 4.40 Å². The molecular weight excluding hydrogens is 384 g/mol. The van der Waals surface area contributed by atoms with Gasteiger partial charge in [-0.3, -0.25) is 4.79 Å². The summed E-state index contributed by atoms with van der Waals surface area (Å²) in [6.07, 6.45) is 0. The molecule has 2 N–H and O–H groups in total. The minimum Gasteiger partial charge on any atom is -0.383 e. The van der Waals surface area contributed by atoms with Crippen molar-refractivity contribution in [3.63, 3.8) is 0 Å². The number of carbonyl (C=O) groups excluding carboxylic acids is 1. The van der Waals surface area contributed by atoms with Gasteiger partial charge in [0.2, 0.25) is 17.8 Å². The fraction of sp³-hybridized carbons (Fsp3) is 0.688. The molecule has 0 unspecified atom stereocenters. The van der Waals surface area contributed by atoms with Gasteiger partial charge in [0.25, 0.3) is 5.78 Å². The van der Waals surface area contributed by atoms with E-state index < -0.39 is 0 Å². The zero-order chi connectivity index (χ0) is 20.4. The molecule has 0 aliphatic rings. The smallest absolute Gasteiger partial charge is 0.261 e. The van der Waals surface area contributed by atoms with E-state index in [1.165, 1.54) is 11.8 Å². The number of nitrogens with one attached hydrogen (secondary N) is 2. The molecule has 0 saturated carbocycles. The van der Waals surface area contributed by atoms with Gasteiger partial charge >= 0.3 is 0 Å². The molecule has 11 nitrogen and oxygen atoms in total. The molecule has 0 atom stereocenters. The molecule has 2 aromatic heterocycles. The van der Waals surface area contributed by atoms with E-state index in [2.05, 4.69) is 30.8 Å². The van der Waals surface area contributed by atoms with Gasteiger partial charge in [-0.05, 0) is 13.8 Å². The van der Waals surface area contributed by atoms with Crippen LogP contribution >= 0.6 is 11.8 Å². The van der Waals surface area contributed by atoms with Crippen LogP contribution in [-0.2, 0) is 14.3 Å². The van der Waals surface area contributed by atoms with Crippen molar-refractivity contribution in [1.29, 1.82) is 0 Å². The lowest BCUT2D eigenvalue weighted by molar-refractivity contribution is -0.129. The Morgan fingerprint density at radius 1 is 1.07 bits per heavy atom. The molecule has 12 heteroatoms. The number of aromatic nitrogens is 5. The summed E-state index contributed by atoms with van der Waals surface area (Å²) in [5.74, 6) is 1.68. The zero-order valence-corrected chi connectivity index (χ0v) is 17.6. The van der Waals surface area contributed by atoms with Crippen molar-refractivity contribution in [3.8, 4) is 0 Å². The maximum Gasteiger partial charge on any atom is 0.261 e. The summed E-state index contributed by atoms with van der Waals surface area (Å²) in [5, 5.41) is 15.1. The second-order valence-corrected chi connectivity index (χ2v) is 6.65. The summed E-state index contributed by atoms with van der Waals surface area (Å²) in [5.41, 5.74) is 0. The lowest BCUT2D eigenvalue weighted by Gasteiger charge is -2.21. The Kier molecular flexibility index (Phi) is 9.17. The molecule has 2 heterocycles. The molecule has 2 rings (SSSR count). The van der Waals surface area contributed by atoms with E-state index in [1.54, 1.807) is 23.5 Å². The summed E-state index contributed by atoms with van der Waals surface area (Å²) < 4.78 is 11.9. The Morgan fingerprint density at radius 3 is 2.36 bits per heavy atom. The second-order valence-electron chi connectivity index (χ2n) is 5.70. The molecular formula is C16H28N8O3S. The SMILES string of the molecule is CCNc1nc(NCC)n2c(SCC(=O)N(CCOC)CCOC)nnc2n1. The number of rotatable bonds is 13. The van der Waals surface area contributed by atoms with Gasteiger partial charge in [0, 0.05) is 40.4 Å². The number of amides is 1. The third-order valence-electron chi connectivity index (χ3n) is 3.72. The molecule has 0 aromatic carbocycles. The molecule has 0 bridgehead atoms. The largest absolute Gasteiger partial charge is 0.383 e. The number of ether oxygens (including phenoxy) is 2. The zero-order valence-electron chi connectivity index (χ0n) is 16.8. The average Bonchev–Trinajstić information content (AvgIpc) is 3.10. The van der Waals surface area contributed by atoms with Crippen molar-refractivity contribution in [2.45, 2.75) is 19.0 Å². The highest BCUT2D eigenvalue weighted by Gasteiger charge is 2.18. The lowest BCUT2D eigenvalue weighted by atomic mass is 10.4. The highest BCUT2D eigenvalue weighted by atomic mass is 32.2. The van der Waals surface area contributed by atoms with E-state index >= 15 is 0 Å². The average molecular weight is 413 g/mol. The minimum absolute atomic E-state index is 0.0222. The van der Waals surface area contributed by atoms with E-state index in [1.807, 2.05) is 13.8 Å². The van der Waals surface area contributed by atoms with Crippen molar-refractivity contribution in [1.82, 2.24) is 29.5 Å². The monoisotopic (exact) mass is 412 g/mol. The number of carbonyl (C=O) groups is 1. The third kappa shape index (κ3) is 5.91. The van der Waals surface area contributed by atoms with Crippen LogP contribution in [0.15, 0.2) is 5.16 Å². The first-order valence-electron chi connectivity index (χ1n) is 9.13. The van der Waals surface area contributed by atoms with Gasteiger partial charge in [0.1, 0.15) is 0 Å². The Morgan fingerprint density at radius 2 is 1.75 bits per heavy atom. The van der Waals surface area contributed by atoms with Gasteiger partial charge in [-0.15, -0.1) is 10.2 Å². The van der Waals surface area contributed by atoms with Crippen LogP contribution in [0.3, 0.4) is 0 Å². The molecule has 0 aliphatic carbocycles. The lowest BCUT2D eigenvalue weighted by Crippen LogP contribution is -2.37. The van der Waals surface area contributed by atoms with E-state index in [4.69, 9.17) is 9.47 Å². The fourth-order valence-corrected chi connectivity index (χ4v) is 3.21. The maximum absolute atomic E-state index is 12.6.